The highest BCUT2D eigenvalue weighted by Crippen LogP contribution is 2.41. The fourth-order valence-corrected chi connectivity index (χ4v) is 4.33. The third-order valence-electron chi connectivity index (χ3n) is 2.55. The Kier molecular flexibility index (Phi) is 2.04. The van der Waals surface area contributed by atoms with Gasteiger partial charge >= 0.3 is 0 Å². The SMILES string of the molecule is OC1CSCc2sc3ccccc3c21. The lowest BCUT2D eigenvalue weighted by Crippen LogP contribution is -2.07. The average molecular weight is 222 g/mol. The lowest BCUT2D eigenvalue weighted by Gasteiger charge is -2.17. The van der Waals surface area contributed by atoms with Crippen LogP contribution in [0, 0.1) is 0 Å². The van der Waals surface area contributed by atoms with Crippen molar-refractivity contribution in [2.24, 2.45) is 0 Å². The first-order chi connectivity index (χ1) is 6.86. The molecule has 0 amide bonds. The molecule has 0 bridgehead atoms. The Labute approximate surface area is 90.8 Å². The van der Waals surface area contributed by atoms with Gasteiger partial charge in [0.05, 0.1) is 6.10 Å². The summed E-state index contributed by atoms with van der Waals surface area (Å²) in [5.41, 5.74) is 1.18. The molecule has 1 atom stereocenters. The van der Waals surface area contributed by atoms with E-state index in [9.17, 15) is 5.11 Å². The summed E-state index contributed by atoms with van der Waals surface area (Å²) in [6, 6.07) is 8.35. The molecule has 1 aromatic carbocycles. The molecule has 3 heteroatoms. The minimum atomic E-state index is -0.264. The first-order valence-electron chi connectivity index (χ1n) is 4.62. The van der Waals surface area contributed by atoms with Crippen LogP contribution in [-0.4, -0.2) is 10.9 Å². The molecule has 1 aliphatic heterocycles. The lowest BCUT2D eigenvalue weighted by atomic mass is 10.1. The second kappa shape index (κ2) is 3.26. The molecular weight excluding hydrogens is 212 g/mol. The van der Waals surface area contributed by atoms with E-state index in [1.54, 1.807) is 0 Å². The molecule has 2 aromatic rings. The van der Waals surface area contributed by atoms with E-state index in [0.29, 0.717) is 0 Å². The molecule has 2 heterocycles. The summed E-state index contributed by atoms with van der Waals surface area (Å²) in [6.07, 6.45) is -0.264. The summed E-state index contributed by atoms with van der Waals surface area (Å²) in [7, 11) is 0. The monoisotopic (exact) mass is 222 g/mol. The number of rotatable bonds is 0. The minimum absolute atomic E-state index is 0.264. The Hall–Kier alpha value is -0.510. The van der Waals surface area contributed by atoms with Crippen LogP contribution in [0.1, 0.15) is 16.5 Å². The summed E-state index contributed by atoms with van der Waals surface area (Å²) in [4.78, 5) is 1.36. The Morgan fingerprint density at radius 2 is 2.14 bits per heavy atom. The number of benzene rings is 1. The number of aliphatic hydroxyl groups excluding tert-OH is 1. The summed E-state index contributed by atoms with van der Waals surface area (Å²) >= 11 is 3.64. The van der Waals surface area contributed by atoms with Crippen molar-refractivity contribution >= 4 is 33.2 Å². The third-order valence-corrected chi connectivity index (χ3v) is 4.97. The van der Waals surface area contributed by atoms with E-state index in [1.807, 2.05) is 29.2 Å². The second-order valence-electron chi connectivity index (χ2n) is 3.47. The van der Waals surface area contributed by atoms with Crippen molar-refractivity contribution in [2.75, 3.05) is 5.75 Å². The van der Waals surface area contributed by atoms with Gasteiger partial charge in [-0.1, -0.05) is 18.2 Å². The van der Waals surface area contributed by atoms with Gasteiger partial charge in [-0.25, -0.2) is 0 Å². The maximum Gasteiger partial charge on any atom is 0.0897 e. The molecule has 0 radical (unpaired) electrons. The van der Waals surface area contributed by atoms with Crippen LogP contribution in [0.25, 0.3) is 10.1 Å². The highest BCUT2D eigenvalue weighted by Gasteiger charge is 2.22. The third kappa shape index (κ3) is 1.20. The van der Waals surface area contributed by atoms with Crippen LogP contribution >= 0.6 is 23.1 Å². The molecule has 0 spiro atoms. The fourth-order valence-electron chi connectivity index (χ4n) is 1.94. The van der Waals surface area contributed by atoms with E-state index < -0.39 is 0 Å². The zero-order valence-corrected chi connectivity index (χ0v) is 9.20. The van der Waals surface area contributed by atoms with Crippen molar-refractivity contribution in [2.45, 2.75) is 11.9 Å². The molecular formula is C11H10OS2. The molecule has 3 rings (SSSR count). The summed E-state index contributed by atoms with van der Waals surface area (Å²) in [5, 5.41) is 11.2. The van der Waals surface area contributed by atoms with Gasteiger partial charge in [-0.2, -0.15) is 11.8 Å². The predicted octanol–water partition coefficient (Wildman–Crippen LogP) is 3.18. The van der Waals surface area contributed by atoms with E-state index in [-0.39, 0.29) is 6.10 Å². The van der Waals surface area contributed by atoms with Crippen LogP contribution in [0.5, 0.6) is 0 Å². The van der Waals surface area contributed by atoms with Crippen molar-refractivity contribution in [1.29, 1.82) is 0 Å². The Morgan fingerprint density at radius 1 is 1.29 bits per heavy atom. The number of hydrogen-bond donors (Lipinski definition) is 1. The van der Waals surface area contributed by atoms with Gasteiger partial charge in [-0.3, -0.25) is 0 Å². The maximum absolute atomic E-state index is 9.93. The molecule has 72 valence electrons. The summed E-state index contributed by atoms with van der Waals surface area (Å²) in [6.45, 7) is 0. The predicted molar refractivity (Wildman–Crippen MR) is 62.9 cm³/mol. The number of aliphatic hydroxyl groups is 1. The number of fused-ring (bicyclic) bond motifs is 3. The minimum Gasteiger partial charge on any atom is -0.387 e. The van der Waals surface area contributed by atoms with Crippen molar-refractivity contribution in [1.82, 2.24) is 0 Å². The van der Waals surface area contributed by atoms with Crippen LogP contribution < -0.4 is 0 Å². The first kappa shape index (κ1) is 8.77. The normalized spacial score (nSPS) is 21.1. The first-order valence-corrected chi connectivity index (χ1v) is 6.59. The van der Waals surface area contributed by atoms with E-state index in [2.05, 4.69) is 18.2 Å². The largest absolute Gasteiger partial charge is 0.387 e. The molecule has 14 heavy (non-hydrogen) atoms. The van der Waals surface area contributed by atoms with Crippen molar-refractivity contribution in [3.05, 3.63) is 34.7 Å². The van der Waals surface area contributed by atoms with Gasteiger partial charge < -0.3 is 5.11 Å². The van der Waals surface area contributed by atoms with E-state index >= 15 is 0 Å². The Bertz CT molecular complexity index is 475. The smallest absolute Gasteiger partial charge is 0.0897 e. The quantitative estimate of drug-likeness (QED) is 0.738. The van der Waals surface area contributed by atoms with E-state index in [0.717, 1.165) is 11.5 Å². The number of thioether (sulfide) groups is 1. The summed E-state index contributed by atoms with van der Waals surface area (Å²) in [5.74, 6) is 1.90. The second-order valence-corrected chi connectivity index (χ2v) is 5.63. The zero-order chi connectivity index (χ0) is 9.54. The van der Waals surface area contributed by atoms with Gasteiger partial charge in [0.1, 0.15) is 0 Å². The van der Waals surface area contributed by atoms with Crippen LogP contribution in [0.3, 0.4) is 0 Å². The van der Waals surface area contributed by atoms with Crippen LogP contribution in [0.4, 0.5) is 0 Å². The van der Waals surface area contributed by atoms with Crippen molar-refractivity contribution in [3.63, 3.8) is 0 Å². The Morgan fingerprint density at radius 3 is 3.07 bits per heavy atom. The van der Waals surface area contributed by atoms with Gasteiger partial charge in [0.25, 0.3) is 0 Å². The molecule has 0 saturated heterocycles. The van der Waals surface area contributed by atoms with Crippen LogP contribution in [0.15, 0.2) is 24.3 Å². The number of hydrogen-bond acceptors (Lipinski definition) is 3. The van der Waals surface area contributed by atoms with E-state index in [1.165, 1.54) is 20.5 Å². The zero-order valence-electron chi connectivity index (χ0n) is 7.56. The topological polar surface area (TPSA) is 20.2 Å². The molecule has 1 N–H and O–H groups in total. The lowest BCUT2D eigenvalue weighted by molar-refractivity contribution is 0.204. The molecule has 0 aliphatic carbocycles. The standard InChI is InChI=1S/C11H10OS2/c12-8-5-13-6-10-11(8)7-3-1-2-4-9(7)14-10/h1-4,8,12H,5-6H2. The highest BCUT2D eigenvalue weighted by molar-refractivity contribution is 7.98. The molecule has 1 aliphatic rings. The number of thiophene rings is 1. The molecule has 0 fully saturated rings. The fraction of sp³-hybridized carbons (Fsp3) is 0.273. The van der Waals surface area contributed by atoms with Gasteiger partial charge in [0.15, 0.2) is 0 Å². The van der Waals surface area contributed by atoms with Crippen molar-refractivity contribution < 1.29 is 5.11 Å². The molecule has 1 nitrogen and oxygen atoms in total. The summed E-state index contributed by atoms with van der Waals surface area (Å²) < 4.78 is 1.30. The Balaban J connectivity index is 2.34. The van der Waals surface area contributed by atoms with Crippen molar-refractivity contribution in [3.8, 4) is 0 Å². The average Bonchev–Trinajstić information content (AvgIpc) is 2.57. The molecule has 1 unspecified atom stereocenters. The highest BCUT2D eigenvalue weighted by atomic mass is 32.2. The molecule has 1 aromatic heterocycles. The maximum atomic E-state index is 9.93. The van der Waals surface area contributed by atoms with Gasteiger partial charge in [-0.15, -0.1) is 11.3 Å². The van der Waals surface area contributed by atoms with Gasteiger partial charge in [0, 0.05) is 26.6 Å². The molecule has 0 saturated carbocycles. The van der Waals surface area contributed by atoms with Crippen LogP contribution in [-0.2, 0) is 5.75 Å². The van der Waals surface area contributed by atoms with E-state index in [4.69, 9.17) is 0 Å². The van der Waals surface area contributed by atoms with Gasteiger partial charge in [-0.05, 0) is 11.5 Å². The van der Waals surface area contributed by atoms with Gasteiger partial charge in [0.2, 0.25) is 0 Å². The van der Waals surface area contributed by atoms with Crippen LogP contribution in [0.2, 0.25) is 0 Å².